The summed E-state index contributed by atoms with van der Waals surface area (Å²) < 4.78 is 3.90. The Labute approximate surface area is 149 Å². The van der Waals surface area contributed by atoms with Crippen LogP contribution < -0.4 is 11.2 Å². The second-order valence-electron chi connectivity index (χ2n) is 6.81. The van der Waals surface area contributed by atoms with Gasteiger partial charge in [0.25, 0.3) is 5.56 Å². The maximum atomic E-state index is 12.3. The van der Waals surface area contributed by atoms with Gasteiger partial charge in [0.15, 0.2) is 0 Å². The van der Waals surface area contributed by atoms with Crippen molar-refractivity contribution < 1.29 is 4.48 Å². The zero-order chi connectivity index (χ0) is 18.4. The quantitative estimate of drug-likeness (QED) is 0.690. The van der Waals surface area contributed by atoms with E-state index < -0.39 is 0 Å². The van der Waals surface area contributed by atoms with Gasteiger partial charge in [-0.1, -0.05) is 30.3 Å². The molecule has 1 heterocycles. The maximum Gasteiger partial charge on any atom is 0.330 e. The summed E-state index contributed by atoms with van der Waals surface area (Å²) in [6, 6.07) is 12.1. The van der Waals surface area contributed by atoms with Crippen LogP contribution in [-0.4, -0.2) is 33.3 Å². The molecule has 0 aliphatic carbocycles. The van der Waals surface area contributed by atoms with Gasteiger partial charge in [-0.2, -0.15) is 0 Å². The average Bonchev–Trinajstić information content (AvgIpc) is 2.62. The summed E-state index contributed by atoms with van der Waals surface area (Å²) in [5.74, 6) is 0. The van der Waals surface area contributed by atoms with Crippen LogP contribution in [0.5, 0.6) is 0 Å². The molecule has 0 bridgehead atoms. The van der Waals surface area contributed by atoms with Crippen LogP contribution in [0.25, 0.3) is 0 Å². The molecule has 1 aromatic heterocycles. The normalized spacial score (nSPS) is 11.7. The van der Waals surface area contributed by atoms with Gasteiger partial charge in [0.05, 0.1) is 19.6 Å². The Morgan fingerprint density at radius 3 is 2.28 bits per heavy atom. The minimum absolute atomic E-state index is 0.223. The minimum atomic E-state index is -0.241. The Hall–Kier alpha value is -2.14. The highest BCUT2D eigenvalue weighted by Gasteiger charge is 2.23. The fraction of sp³-hybridized carbons (Fsp3) is 0.500. The van der Waals surface area contributed by atoms with Crippen molar-refractivity contribution in [1.29, 1.82) is 0 Å². The van der Waals surface area contributed by atoms with Gasteiger partial charge in [0, 0.05) is 37.3 Å². The fourth-order valence-electron chi connectivity index (χ4n) is 3.43. The van der Waals surface area contributed by atoms with E-state index in [1.807, 2.05) is 13.0 Å². The predicted molar refractivity (Wildman–Crippen MR) is 102 cm³/mol. The topological polar surface area (TPSA) is 44.0 Å². The van der Waals surface area contributed by atoms with Crippen molar-refractivity contribution in [2.75, 3.05) is 19.6 Å². The summed E-state index contributed by atoms with van der Waals surface area (Å²) in [5, 5.41) is 0. The van der Waals surface area contributed by atoms with Crippen molar-refractivity contribution in [2.24, 2.45) is 7.05 Å². The van der Waals surface area contributed by atoms with Crippen LogP contribution in [-0.2, 0) is 20.1 Å². The first-order chi connectivity index (χ1) is 11.9. The maximum absolute atomic E-state index is 12.3. The summed E-state index contributed by atoms with van der Waals surface area (Å²) >= 11 is 0. The van der Waals surface area contributed by atoms with Crippen molar-refractivity contribution >= 4 is 0 Å². The first kappa shape index (κ1) is 19.2. The molecule has 0 saturated carbocycles. The lowest BCUT2D eigenvalue weighted by molar-refractivity contribution is -0.938. The molecule has 25 heavy (non-hydrogen) atoms. The van der Waals surface area contributed by atoms with E-state index in [4.69, 9.17) is 0 Å². The number of rotatable bonds is 8. The standard InChI is InChI=1S/C20H30N3O2/c1-5-23(6-2,16-18-11-8-7-9-12-18)14-10-13-22-17(3)15-19(24)21(4)20(22)25/h7-9,11-12,15H,5-6,10,13-14,16H2,1-4H3/q+1. The number of benzene rings is 1. The predicted octanol–water partition coefficient (Wildman–Crippen LogP) is 2.30. The lowest BCUT2D eigenvalue weighted by Crippen LogP contribution is -2.48. The van der Waals surface area contributed by atoms with Gasteiger partial charge in [0.2, 0.25) is 0 Å². The van der Waals surface area contributed by atoms with E-state index in [0.29, 0.717) is 6.54 Å². The second-order valence-corrected chi connectivity index (χ2v) is 6.81. The summed E-state index contributed by atoms with van der Waals surface area (Å²) in [4.78, 5) is 24.0. The fourth-order valence-corrected chi connectivity index (χ4v) is 3.43. The summed E-state index contributed by atoms with van der Waals surface area (Å²) in [6.45, 7) is 11.1. The van der Waals surface area contributed by atoms with Crippen LogP contribution in [0.3, 0.4) is 0 Å². The number of aromatic nitrogens is 2. The van der Waals surface area contributed by atoms with Crippen molar-refractivity contribution in [3.8, 4) is 0 Å². The van der Waals surface area contributed by atoms with E-state index in [2.05, 4.69) is 38.1 Å². The largest absolute Gasteiger partial charge is 0.330 e. The molecule has 5 nitrogen and oxygen atoms in total. The molecule has 0 unspecified atom stereocenters. The van der Waals surface area contributed by atoms with Gasteiger partial charge in [0.1, 0.15) is 6.54 Å². The summed E-state index contributed by atoms with van der Waals surface area (Å²) in [6.07, 6.45) is 0.910. The highest BCUT2D eigenvalue weighted by atomic mass is 16.2. The molecule has 0 N–H and O–H groups in total. The van der Waals surface area contributed by atoms with Gasteiger partial charge < -0.3 is 4.48 Å². The minimum Gasteiger partial charge on any atom is -0.320 e. The Kier molecular flexibility index (Phi) is 6.37. The van der Waals surface area contributed by atoms with E-state index >= 15 is 0 Å². The van der Waals surface area contributed by atoms with E-state index in [0.717, 1.165) is 42.8 Å². The van der Waals surface area contributed by atoms with E-state index in [-0.39, 0.29) is 11.2 Å². The Bertz CT molecular complexity index is 802. The van der Waals surface area contributed by atoms with Gasteiger partial charge in [-0.15, -0.1) is 0 Å². The third-order valence-corrected chi connectivity index (χ3v) is 5.32. The zero-order valence-corrected chi connectivity index (χ0v) is 15.9. The van der Waals surface area contributed by atoms with Gasteiger partial charge in [-0.3, -0.25) is 13.9 Å². The monoisotopic (exact) mass is 344 g/mol. The molecule has 1 aromatic carbocycles. The molecule has 0 spiro atoms. The molecule has 5 heteroatoms. The van der Waals surface area contributed by atoms with E-state index in [1.54, 1.807) is 4.57 Å². The number of nitrogens with zero attached hydrogens (tertiary/aromatic N) is 3. The van der Waals surface area contributed by atoms with Crippen molar-refractivity contribution in [2.45, 2.75) is 40.3 Å². The summed E-state index contributed by atoms with van der Waals surface area (Å²) in [5.41, 5.74) is 1.62. The first-order valence-corrected chi connectivity index (χ1v) is 9.09. The van der Waals surface area contributed by atoms with E-state index in [1.165, 1.54) is 23.2 Å². The van der Waals surface area contributed by atoms with Crippen LogP contribution in [0.2, 0.25) is 0 Å². The molecule has 0 fully saturated rings. The molecule has 0 amide bonds. The van der Waals surface area contributed by atoms with Crippen LogP contribution in [0.15, 0.2) is 46.0 Å². The molecular formula is C20H30N3O2+. The van der Waals surface area contributed by atoms with Crippen molar-refractivity contribution in [3.63, 3.8) is 0 Å². The third-order valence-electron chi connectivity index (χ3n) is 5.32. The van der Waals surface area contributed by atoms with Crippen LogP contribution in [0.4, 0.5) is 0 Å². The lowest BCUT2D eigenvalue weighted by atomic mass is 10.1. The molecule has 0 radical (unpaired) electrons. The highest BCUT2D eigenvalue weighted by Crippen LogP contribution is 2.15. The Morgan fingerprint density at radius 2 is 1.68 bits per heavy atom. The SMILES string of the molecule is CC[N+](CC)(CCCn1c(C)cc(=O)n(C)c1=O)Cc1ccccc1. The number of aryl methyl sites for hydroxylation is 1. The molecular weight excluding hydrogens is 314 g/mol. The zero-order valence-electron chi connectivity index (χ0n) is 15.9. The first-order valence-electron chi connectivity index (χ1n) is 9.09. The smallest absolute Gasteiger partial charge is 0.320 e. The van der Waals surface area contributed by atoms with Gasteiger partial charge in [-0.05, 0) is 20.8 Å². The molecule has 0 aliphatic heterocycles. The van der Waals surface area contributed by atoms with Crippen LogP contribution >= 0.6 is 0 Å². The van der Waals surface area contributed by atoms with Crippen LogP contribution in [0, 0.1) is 6.92 Å². The number of hydrogen-bond donors (Lipinski definition) is 0. The van der Waals surface area contributed by atoms with Gasteiger partial charge >= 0.3 is 5.69 Å². The van der Waals surface area contributed by atoms with Crippen molar-refractivity contribution in [3.05, 3.63) is 68.5 Å². The molecule has 2 aromatic rings. The highest BCUT2D eigenvalue weighted by molar-refractivity contribution is 5.13. The van der Waals surface area contributed by atoms with E-state index in [9.17, 15) is 9.59 Å². The Morgan fingerprint density at radius 1 is 1.04 bits per heavy atom. The van der Waals surface area contributed by atoms with Crippen molar-refractivity contribution in [1.82, 2.24) is 9.13 Å². The Balaban J connectivity index is 2.11. The average molecular weight is 344 g/mol. The van der Waals surface area contributed by atoms with Crippen LogP contribution in [0.1, 0.15) is 31.5 Å². The second kappa shape index (κ2) is 8.30. The van der Waals surface area contributed by atoms with Gasteiger partial charge in [-0.25, -0.2) is 4.79 Å². The molecule has 0 atom stereocenters. The molecule has 0 saturated heterocycles. The molecule has 2 rings (SSSR count). The molecule has 136 valence electrons. The number of quaternary nitrogens is 1. The number of hydrogen-bond acceptors (Lipinski definition) is 2. The molecule has 0 aliphatic rings. The summed E-state index contributed by atoms with van der Waals surface area (Å²) in [7, 11) is 1.54. The third kappa shape index (κ3) is 4.48. The lowest BCUT2D eigenvalue weighted by Gasteiger charge is -2.37.